The van der Waals surface area contributed by atoms with Gasteiger partial charge in [-0.3, -0.25) is 4.72 Å². The van der Waals surface area contributed by atoms with Crippen LogP contribution < -0.4 is 10.5 Å². The van der Waals surface area contributed by atoms with Crippen molar-refractivity contribution in [3.8, 4) is 6.07 Å². The smallest absolute Gasteiger partial charge is 0.262 e. The van der Waals surface area contributed by atoms with Crippen LogP contribution in [0.4, 0.5) is 11.5 Å². The van der Waals surface area contributed by atoms with Gasteiger partial charge in [-0.2, -0.15) is 5.26 Å². The van der Waals surface area contributed by atoms with E-state index in [4.69, 9.17) is 11.0 Å². The van der Waals surface area contributed by atoms with E-state index in [2.05, 4.69) is 9.71 Å². The van der Waals surface area contributed by atoms with Crippen molar-refractivity contribution in [2.24, 2.45) is 0 Å². The second-order valence-corrected chi connectivity index (χ2v) is 5.39. The number of anilines is 2. The van der Waals surface area contributed by atoms with Gasteiger partial charge in [0.25, 0.3) is 10.0 Å². The van der Waals surface area contributed by atoms with E-state index in [0.717, 1.165) is 0 Å². The fourth-order valence-corrected chi connectivity index (χ4v) is 2.50. The molecule has 1 aromatic carbocycles. The molecule has 0 aliphatic heterocycles. The highest BCUT2D eigenvalue weighted by atomic mass is 32.2. The van der Waals surface area contributed by atoms with Crippen LogP contribution in [0.25, 0.3) is 0 Å². The lowest BCUT2D eigenvalue weighted by Crippen LogP contribution is -2.13. The third-order valence-corrected chi connectivity index (χ3v) is 3.71. The van der Waals surface area contributed by atoms with Crippen molar-refractivity contribution in [2.75, 3.05) is 10.5 Å². The summed E-state index contributed by atoms with van der Waals surface area (Å²) < 4.78 is 26.5. The Hall–Kier alpha value is -2.59. The molecule has 0 atom stereocenters. The minimum absolute atomic E-state index is 0.0318. The van der Waals surface area contributed by atoms with Gasteiger partial charge in [-0.15, -0.1) is 0 Å². The number of nitrogens with one attached hydrogen (secondary N) is 1. The molecular formula is C12H10N4O2S. The Morgan fingerprint density at radius 1 is 1.21 bits per heavy atom. The first-order chi connectivity index (χ1) is 9.01. The van der Waals surface area contributed by atoms with E-state index >= 15 is 0 Å². The summed E-state index contributed by atoms with van der Waals surface area (Å²) in [6, 6.07) is 10.7. The molecule has 3 N–H and O–H groups in total. The Labute approximate surface area is 110 Å². The summed E-state index contributed by atoms with van der Waals surface area (Å²) in [5.41, 5.74) is 6.27. The number of nitrogens with two attached hydrogens (primary N) is 1. The van der Waals surface area contributed by atoms with Crippen molar-refractivity contribution >= 4 is 21.5 Å². The Bertz CT molecular complexity index is 733. The minimum atomic E-state index is -3.71. The summed E-state index contributed by atoms with van der Waals surface area (Å²) in [5, 5.41) is 8.66. The number of hydrogen-bond donors (Lipinski definition) is 2. The van der Waals surface area contributed by atoms with Gasteiger partial charge in [-0.25, -0.2) is 13.4 Å². The lowest BCUT2D eigenvalue weighted by atomic mass is 10.2. The van der Waals surface area contributed by atoms with Gasteiger partial charge in [0.2, 0.25) is 0 Å². The molecule has 96 valence electrons. The molecule has 0 radical (unpaired) electrons. The zero-order valence-electron chi connectivity index (χ0n) is 9.74. The highest BCUT2D eigenvalue weighted by Crippen LogP contribution is 2.17. The molecule has 19 heavy (non-hydrogen) atoms. The van der Waals surface area contributed by atoms with Crippen molar-refractivity contribution < 1.29 is 8.42 Å². The van der Waals surface area contributed by atoms with Gasteiger partial charge < -0.3 is 5.73 Å². The topological polar surface area (TPSA) is 109 Å². The maximum absolute atomic E-state index is 12.0. The van der Waals surface area contributed by atoms with Gasteiger partial charge in [0.1, 0.15) is 5.82 Å². The highest BCUT2D eigenvalue weighted by molar-refractivity contribution is 7.92. The van der Waals surface area contributed by atoms with E-state index in [1.54, 1.807) is 0 Å². The molecule has 0 bridgehead atoms. The number of aromatic nitrogens is 1. The summed E-state index contributed by atoms with van der Waals surface area (Å²) in [6.45, 7) is 0. The van der Waals surface area contributed by atoms with Crippen LogP contribution in [0.2, 0.25) is 0 Å². The summed E-state index contributed by atoms with van der Waals surface area (Å²) in [5.74, 6) is 0.128. The van der Waals surface area contributed by atoms with Crippen molar-refractivity contribution in [3.63, 3.8) is 0 Å². The number of nitrogen functional groups attached to an aromatic ring is 1. The first-order valence-corrected chi connectivity index (χ1v) is 6.74. The predicted octanol–water partition coefficient (Wildman–Crippen LogP) is 1.34. The van der Waals surface area contributed by atoms with Crippen LogP contribution in [0.3, 0.4) is 0 Å². The second kappa shape index (κ2) is 4.96. The molecule has 6 nitrogen and oxygen atoms in total. The highest BCUT2D eigenvalue weighted by Gasteiger charge is 2.14. The molecule has 0 aliphatic carbocycles. The number of nitrogens with zero attached hydrogens (tertiary/aromatic N) is 2. The fourth-order valence-electron chi connectivity index (χ4n) is 1.42. The van der Waals surface area contributed by atoms with E-state index < -0.39 is 10.0 Å². The molecule has 0 aliphatic rings. The SMILES string of the molecule is N#Cc1ccc(NS(=O)(=O)c2ccnc(N)c2)cc1. The average molecular weight is 274 g/mol. The lowest BCUT2D eigenvalue weighted by Gasteiger charge is -2.08. The van der Waals surface area contributed by atoms with Gasteiger partial charge in [0, 0.05) is 18.0 Å². The van der Waals surface area contributed by atoms with Gasteiger partial charge in [0.05, 0.1) is 16.5 Å². The molecule has 1 aromatic heterocycles. The normalized spacial score (nSPS) is 10.7. The van der Waals surface area contributed by atoms with E-state index in [1.165, 1.54) is 42.6 Å². The largest absolute Gasteiger partial charge is 0.384 e. The number of rotatable bonds is 3. The molecular weight excluding hydrogens is 264 g/mol. The Kier molecular flexibility index (Phi) is 3.35. The molecule has 0 saturated heterocycles. The van der Waals surface area contributed by atoms with Crippen LogP contribution in [0.15, 0.2) is 47.5 Å². The van der Waals surface area contributed by atoms with Crippen LogP contribution in [0.5, 0.6) is 0 Å². The second-order valence-electron chi connectivity index (χ2n) is 3.71. The summed E-state index contributed by atoms with van der Waals surface area (Å²) >= 11 is 0. The maximum atomic E-state index is 12.0. The zero-order chi connectivity index (χ0) is 13.9. The van der Waals surface area contributed by atoms with Crippen molar-refractivity contribution in [3.05, 3.63) is 48.2 Å². The van der Waals surface area contributed by atoms with E-state index in [-0.39, 0.29) is 10.7 Å². The molecule has 2 rings (SSSR count). The van der Waals surface area contributed by atoms with Crippen LogP contribution in [0.1, 0.15) is 5.56 Å². The van der Waals surface area contributed by atoms with Gasteiger partial charge in [-0.1, -0.05) is 0 Å². The molecule has 0 amide bonds. The fraction of sp³-hybridized carbons (Fsp3) is 0. The van der Waals surface area contributed by atoms with E-state index in [0.29, 0.717) is 11.3 Å². The summed E-state index contributed by atoms with van der Waals surface area (Å²) in [4.78, 5) is 3.76. The lowest BCUT2D eigenvalue weighted by molar-refractivity contribution is 0.601. The van der Waals surface area contributed by atoms with Crippen LogP contribution >= 0.6 is 0 Å². The zero-order valence-corrected chi connectivity index (χ0v) is 10.6. The standard InChI is InChI=1S/C12H10N4O2S/c13-8-9-1-3-10(4-2-9)16-19(17,18)11-5-6-15-12(14)7-11/h1-7,16H,(H2,14,15). The van der Waals surface area contributed by atoms with Gasteiger partial charge >= 0.3 is 0 Å². The first kappa shape index (κ1) is 12.9. The van der Waals surface area contributed by atoms with Crippen LogP contribution in [0, 0.1) is 11.3 Å². The third kappa shape index (κ3) is 3.00. The Morgan fingerprint density at radius 2 is 1.89 bits per heavy atom. The number of pyridine rings is 1. The maximum Gasteiger partial charge on any atom is 0.262 e. The summed E-state index contributed by atoms with van der Waals surface area (Å²) in [7, 11) is -3.71. The van der Waals surface area contributed by atoms with Crippen molar-refractivity contribution in [1.29, 1.82) is 5.26 Å². The molecule has 0 saturated carbocycles. The number of nitriles is 1. The van der Waals surface area contributed by atoms with E-state index in [9.17, 15) is 8.42 Å². The molecule has 0 unspecified atom stereocenters. The van der Waals surface area contributed by atoms with Crippen LogP contribution in [-0.4, -0.2) is 13.4 Å². The first-order valence-electron chi connectivity index (χ1n) is 5.26. The molecule has 0 spiro atoms. The predicted molar refractivity (Wildman–Crippen MR) is 70.6 cm³/mol. The quantitative estimate of drug-likeness (QED) is 0.877. The third-order valence-electron chi connectivity index (χ3n) is 2.33. The van der Waals surface area contributed by atoms with Crippen molar-refractivity contribution in [2.45, 2.75) is 4.90 Å². The molecule has 1 heterocycles. The monoisotopic (exact) mass is 274 g/mol. The number of benzene rings is 1. The average Bonchev–Trinajstić information content (AvgIpc) is 2.39. The minimum Gasteiger partial charge on any atom is -0.384 e. The van der Waals surface area contributed by atoms with Gasteiger partial charge in [-0.05, 0) is 30.3 Å². The molecule has 0 fully saturated rings. The molecule has 2 aromatic rings. The molecule has 7 heteroatoms. The Morgan fingerprint density at radius 3 is 2.47 bits per heavy atom. The van der Waals surface area contributed by atoms with E-state index in [1.807, 2.05) is 6.07 Å². The summed E-state index contributed by atoms with van der Waals surface area (Å²) in [6.07, 6.45) is 1.32. The van der Waals surface area contributed by atoms with Crippen LogP contribution in [-0.2, 0) is 10.0 Å². The van der Waals surface area contributed by atoms with Crippen molar-refractivity contribution in [1.82, 2.24) is 4.98 Å². The number of hydrogen-bond acceptors (Lipinski definition) is 5. The van der Waals surface area contributed by atoms with Gasteiger partial charge in [0.15, 0.2) is 0 Å². The Balaban J connectivity index is 2.28. The number of sulfonamides is 1.